The van der Waals surface area contributed by atoms with Gasteiger partial charge < -0.3 is 14.2 Å². The number of ketones is 2. The molecular formula is C31H31Cl2NO7S. The van der Waals surface area contributed by atoms with Gasteiger partial charge in [0.1, 0.15) is 11.4 Å². The zero-order valence-corrected chi connectivity index (χ0v) is 26.0. The van der Waals surface area contributed by atoms with Crippen LogP contribution in [0.15, 0.2) is 69.9 Å². The van der Waals surface area contributed by atoms with E-state index >= 15 is 0 Å². The van der Waals surface area contributed by atoms with Crippen LogP contribution in [0.3, 0.4) is 0 Å². The van der Waals surface area contributed by atoms with Crippen molar-refractivity contribution in [1.82, 2.24) is 4.90 Å². The zero-order valence-electron chi connectivity index (χ0n) is 23.7. The topological polar surface area (TPSA) is 118 Å². The van der Waals surface area contributed by atoms with Gasteiger partial charge in [0.2, 0.25) is 0 Å². The maximum Gasteiger partial charge on any atom is 0.339 e. The summed E-state index contributed by atoms with van der Waals surface area (Å²) >= 11 is 13.1. The van der Waals surface area contributed by atoms with Crippen molar-refractivity contribution in [3.05, 3.63) is 80.6 Å². The number of carbonyl (C=O) groups is 3. The number of benzene rings is 2. The van der Waals surface area contributed by atoms with E-state index < -0.39 is 39.4 Å². The Bertz CT molecular complexity index is 1640. The van der Waals surface area contributed by atoms with Crippen molar-refractivity contribution in [3.8, 4) is 5.75 Å². The molecule has 42 heavy (non-hydrogen) atoms. The molecule has 11 heteroatoms. The molecule has 2 aliphatic carbocycles. The summed E-state index contributed by atoms with van der Waals surface area (Å²) in [5, 5.41) is 9.94. The minimum atomic E-state index is -4.38. The summed E-state index contributed by atoms with van der Waals surface area (Å²) in [6.07, 6.45) is 1.04. The van der Waals surface area contributed by atoms with Gasteiger partial charge in [-0.1, -0.05) is 69.1 Å². The van der Waals surface area contributed by atoms with Crippen LogP contribution in [0.1, 0.15) is 64.9 Å². The predicted octanol–water partition coefficient (Wildman–Crippen LogP) is 6.53. The van der Waals surface area contributed by atoms with Crippen LogP contribution in [-0.2, 0) is 24.5 Å². The Morgan fingerprint density at radius 3 is 1.95 bits per heavy atom. The second kappa shape index (κ2) is 10.5. The molecule has 1 heterocycles. The molecule has 0 saturated carbocycles. The van der Waals surface area contributed by atoms with Crippen LogP contribution in [0.2, 0.25) is 10.0 Å². The molecule has 8 nitrogen and oxygen atoms in total. The Balaban J connectivity index is 1.81. The maximum absolute atomic E-state index is 14.0. The summed E-state index contributed by atoms with van der Waals surface area (Å²) in [6, 6.07) is 10.3. The number of Topliss-reactive ketones (excluding diaryl/α,β-unsaturated/α-hetero) is 2. The third-order valence-corrected chi connectivity index (χ3v) is 9.62. The second-order valence-electron chi connectivity index (χ2n) is 12.7. The maximum atomic E-state index is 14.0. The van der Waals surface area contributed by atoms with Crippen molar-refractivity contribution in [2.24, 2.45) is 10.8 Å². The summed E-state index contributed by atoms with van der Waals surface area (Å²) in [6.45, 7) is 7.29. The van der Waals surface area contributed by atoms with Crippen molar-refractivity contribution in [1.29, 1.82) is 0 Å². The number of hydrogen-bond donors (Lipinski definition) is 1. The van der Waals surface area contributed by atoms with Gasteiger partial charge in [0.25, 0.3) is 0 Å². The van der Waals surface area contributed by atoms with Gasteiger partial charge >= 0.3 is 16.1 Å². The van der Waals surface area contributed by atoms with E-state index in [0.29, 0.717) is 24.2 Å². The Morgan fingerprint density at radius 1 is 0.929 bits per heavy atom. The summed E-state index contributed by atoms with van der Waals surface area (Å²) in [4.78, 5) is 41.5. The van der Waals surface area contributed by atoms with Crippen molar-refractivity contribution >= 4 is 50.9 Å². The second-order valence-corrected chi connectivity index (χ2v) is 15.1. The fourth-order valence-electron chi connectivity index (χ4n) is 6.31. The van der Waals surface area contributed by atoms with Gasteiger partial charge in [0.15, 0.2) is 17.3 Å². The molecule has 0 spiro atoms. The number of rotatable bonds is 6. The Labute approximate surface area is 255 Å². The van der Waals surface area contributed by atoms with Gasteiger partial charge in [0.05, 0.1) is 5.02 Å². The van der Waals surface area contributed by atoms with E-state index in [2.05, 4.69) is 0 Å². The Hall–Kier alpha value is -3.14. The van der Waals surface area contributed by atoms with Crippen molar-refractivity contribution in [2.45, 2.75) is 64.2 Å². The van der Waals surface area contributed by atoms with Crippen LogP contribution >= 0.6 is 23.2 Å². The van der Waals surface area contributed by atoms with Crippen molar-refractivity contribution < 1.29 is 32.1 Å². The van der Waals surface area contributed by atoms with E-state index in [1.165, 1.54) is 24.3 Å². The molecule has 0 saturated heterocycles. The van der Waals surface area contributed by atoms with Gasteiger partial charge in [-0.25, -0.2) is 0 Å². The molecule has 1 aliphatic heterocycles. The largest absolute Gasteiger partial charge is 0.480 e. The number of aliphatic carboxylic acids is 1. The predicted molar refractivity (Wildman–Crippen MR) is 158 cm³/mol. The third-order valence-electron chi connectivity index (χ3n) is 7.89. The number of carbonyl (C=O) groups excluding carboxylic acids is 2. The number of nitrogens with zero attached hydrogens (tertiary/aromatic N) is 1. The third kappa shape index (κ3) is 5.62. The van der Waals surface area contributed by atoms with Crippen LogP contribution < -0.4 is 4.18 Å². The summed E-state index contributed by atoms with van der Waals surface area (Å²) in [5.74, 6) is -2.93. The molecule has 3 aliphatic rings. The average molecular weight is 633 g/mol. The standard InChI is InChI=1S/C31H31Cl2NO7S/c1-30(2)12-21-27(23(35)14-30)26(28-22(34(21)16-25(37)38)13-31(3,4)15-24(28)36)19-10-17(32)11-20(33)29(19)41-42(39,40)18-8-6-5-7-9-18/h5-11,26H,12-16H2,1-4H3,(H,37,38). The van der Waals surface area contributed by atoms with Crippen LogP contribution in [0.4, 0.5) is 0 Å². The SMILES string of the molecule is CC1(C)CC(=O)C2=C(C1)N(CC(=O)O)C1=C(C(=O)CC(C)(C)C1)C2c1cc(Cl)cc(Cl)c1OS(=O)(=O)c1ccccc1. The molecule has 0 amide bonds. The highest BCUT2D eigenvalue weighted by Gasteiger charge is 2.50. The van der Waals surface area contributed by atoms with E-state index in [0.717, 1.165) is 0 Å². The molecule has 0 aromatic heterocycles. The van der Waals surface area contributed by atoms with Gasteiger partial charge in [-0.2, -0.15) is 8.42 Å². The minimum Gasteiger partial charge on any atom is -0.480 e. The van der Waals surface area contributed by atoms with Crippen molar-refractivity contribution in [3.63, 3.8) is 0 Å². The molecule has 0 bridgehead atoms. The van der Waals surface area contributed by atoms with Gasteiger partial charge in [0, 0.05) is 51.9 Å². The lowest BCUT2D eigenvalue weighted by Crippen LogP contribution is -2.45. The van der Waals surface area contributed by atoms with Gasteiger partial charge in [-0.05, 0) is 47.9 Å². The van der Waals surface area contributed by atoms with Crippen LogP contribution in [0, 0.1) is 10.8 Å². The normalized spacial score (nSPS) is 20.4. The van der Waals surface area contributed by atoms with Gasteiger partial charge in [-0.15, -0.1) is 0 Å². The van der Waals surface area contributed by atoms with Crippen LogP contribution in [0.25, 0.3) is 0 Å². The summed E-state index contributed by atoms with van der Waals surface area (Å²) in [5.41, 5.74) is 0.673. The summed E-state index contributed by atoms with van der Waals surface area (Å²) < 4.78 is 32.4. The first kappa shape index (κ1) is 30.3. The smallest absolute Gasteiger partial charge is 0.339 e. The Morgan fingerprint density at radius 2 is 1.45 bits per heavy atom. The molecule has 222 valence electrons. The first-order valence-electron chi connectivity index (χ1n) is 13.5. The number of hydrogen-bond acceptors (Lipinski definition) is 7. The fraction of sp³-hybridized carbons (Fsp3) is 0.387. The van der Waals surface area contributed by atoms with E-state index in [1.807, 2.05) is 27.7 Å². The molecule has 0 atom stereocenters. The first-order chi connectivity index (χ1) is 19.5. The molecule has 1 N–H and O–H groups in total. The van der Waals surface area contributed by atoms with Crippen molar-refractivity contribution in [2.75, 3.05) is 6.54 Å². The van der Waals surface area contributed by atoms with Crippen LogP contribution in [0.5, 0.6) is 5.75 Å². The van der Waals surface area contributed by atoms with E-state index in [1.54, 1.807) is 23.1 Å². The highest BCUT2D eigenvalue weighted by Crippen LogP contribution is 2.56. The van der Waals surface area contributed by atoms with E-state index in [9.17, 15) is 27.9 Å². The fourth-order valence-corrected chi connectivity index (χ4v) is 7.90. The molecule has 2 aromatic rings. The molecule has 5 rings (SSSR count). The average Bonchev–Trinajstić information content (AvgIpc) is 2.85. The Kier molecular flexibility index (Phi) is 7.61. The highest BCUT2D eigenvalue weighted by atomic mass is 35.5. The monoisotopic (exact) mass is 631 g/mol. The quantitative estimate of drug-likeness (QED) is 0.357. The lowest BCUT2D eigenvalue weighted by molar-refractivity contribution is -0.138. The molecule has 0 unspecified atom stereocenters. The van der Waals surface area contributed by atoms with Gasteiger partial charge in [-0.3, -0.25) is 14.4 Å². The zero-order chi connectivity index (χ0) is 30.8. The van der Waals surface area contributed by atoms with Crippen LogP contribution in [-0.4, -0.2) is 42.5 Å². The lowest BCUT2D eigenvalue weighted by Gasteiger charge is -2.48. The van der Waals surface area contributed by atoms with E-state index in [-0.39, 0.29) is 61.8 Å². The molecule has 0 radical (unpaired) electrons. The number of halogens is 2. The highest BCUT2D eigenvalue weighted by molar-refractivity contribution is 7.87. The number of carboxylic acid groups (broad SMARTS) is 1. The minimum absolute atomic E-state index is 0.107. The first-order valence-corrected chi connectivity index (χ1v) is 15.7. The molecule has 2 aromatic carbocycles. The van der Waals surface area contributed by atoms with E-state index in [4.69, 9.17) is 27.4 Å². The number of allylic oxidation sites excluding steroid dienone is 4. The number of carboxylic acids is 1. The molecular weight excluding hydrogens is 601 g/mol. The lowest BCUT2D eigenvalue weighted by atomic mass is 9.63. The summed E-state index contributed by atoms with van der Waals surface area (Å²) in [7, 11) is -4.38. The molecule has 0 fully saturated rings.